The van der Waals surface area contributed by atoms with Gasteiger partial charge in [0.25, 0.3) is 6.29 Å². The van der Waals surface area contributed by atoms with E-state index in [9.17, 15) is 19.5 Å². The number of aliphatic carboxylic acids is 1. The number of carbonyl (C=O) groups excluding carboxylic acids is 2. The Hall–Kier alpha value is -4.83. The Morgan fingerprint density at radius 2 is 0.581 bits per heavy atom. The summed E-state index contributed by atoms with van der Waals surface area (Å²) in [6.45, 7) is 4.67. The predicted molar refractivity (Wildman–Crippen MR) is 400 cm³/mol. The lowest BCUT2D eigenvalue weighted by atomic mass is 10.0. The second-order valence-electron chi connectivity index (χ2n) is 26.2. The molecule has 2 unspecified atom stereocenters. The third kappa shape index (κ3) is 74.4. The molecule has 530 valence electrons. The van der Waals surface area contributed by atoms with Crippen molar-refractivity contribution in [3.63, 3.8) is 0 Å². The summed E-state index contributed by atoms with van der Waals surface area (Å²) in [5, 5.41) is 9.77. The van der Waals surface area contributed by atoms with Crippen LogP contribution in [0.4, 0.5) is 0 Å². The van der Waals surface area contributed by atoms with E-state index in [1.807, 2.05) is 21.1 Å². The van der Waals surface area contributed by atoms with Gasteiger partial charge in [0.05, 0.1) is 34.4 Å². The van der Waals surface area contributed by atoms with Crippen LogP contribution in [0.5, 0.6) is 0 Å². The van der Waals surface area contributed by atoms with Gasteiger partial charge in [-0.2, -0.15) is 0 Å². The van der Waals surface area contributed by atoms with Gasteiger partial charge in [0.15, 0.2) is 6.10 Å². The summed E-state index contributed by atoms with van der Waals surface area (Å²) < 4.78 is 23.0. The molecule has 0 fully saturated rings. The van der Waals surface area contributed by atoms with Gasteiger partial charge in [-0.15, -0.1) is 0 Å². The van der Waals surface area contributed by atoms with E-state index < -0.39 is 24.3 Å². The summed E-state index contributed by atoms with van der Waals surface area (Å²) in [6, 6.07) is 0. The van der Waals surface area contributed by atoms with Gasteiger partial charge in [0.2, 0.25) is 0 Å². The highest BCUT2D eigenvalue weighted by molar-refractivity contribution is 5.71. The van der Waals surface area contributed by atoms with E-state index in [0.717, 1.165) is 116 Å². The van der Waals surface area contributed by atoms with Crippen molar-refractivity contribution in [3.05, 3.63) is 146 Å². The van der Waals surface area contributed by atoms with E-state index in [-0.39, 0.29) is 32.2 Å². The first-order valence-electron chi connectivity index (χ1n) is 38.0. The molecule has 0 aromatic carbocycles. The van der Waals surface area contributed by atoms with Crippen molar-refractivity contribution in [2.75, 3.05) is 47.5 Å². The average molecular weight is 1290 g/mol. The third-order valence-electron chi connectivity index (χ3n) is 16.1. The molecule has 0 rings (SSSR count). The molecule has 0 radical (unpaired) electrons. The Labute approximate surface area is 572 Å². The van der Waals surface area contributed by atoms with Gasteiger partial charge in [-0.1, -0.05) is 327 Å². The first-order valence-corrected chi connectivity index (χ1v) is 38.0. The minimum Gasteiger partial charge on any atom is -0.477 e. The lowest BCUT2D eigenvalue weighted by molar-refractivity contribution is -0.870. The number of carbonyl (C=O) groups is 3. The highest BCUT2D eigenvalue weighted by Gasteiger charge is 2.25. The highest BCUT2D eigenvalue weighted by Crippen LogP contribution is 2.18. The highest BCUT2D eigenvalue weighted by atomic mass is 16.7. The number of quaternary nitrogens is 1. The Morgan fingerprint density at radius 3 is 0.860 bits per heavy atom. The van der Waals surface area contributed by atoms with Crippen molar-refractivity contribution >= 4 is 17.9 Å². The number of carboxylic acid groups (broad SMARTS) is 1. The molecule has 0 saturated heterocycles. The summed E-state index contributed by atoms with van der Waals surface area (Å²) in [7, 11) is 5.98. The van der Waals surface area contributed by atoms with Gasteiger partial charge in [0, 0.05) is 12.8 Å². The summed E-state index contributed by atoms with van der Waals surface area (Å²) in [5.41, 5.74) is 0. The molecule has 1 N–H and O–H groups in total. The van der Waals surface area contributed by atoms with E-state index in [0.29, 0.717) is 17.4 Å². The van der Waals surface area contributed by atoms with E-state index in [1.165, 1.54) is 167 Å². The maximum atomic E-state index is 13.0. The fourth-order valence-electron chi connectivity index (χ4n) is 10.4. The van der Waals surface area contributed by atoms with Gasteiger partial charge in [-0.3, -0.25) is 9.59 Å². The topological polar surface area (TPSA) is 108 Å². The molecule has 2 atom stereocenters. The third-order valence-corrected chi connectivity index (χ3v) is 16.1. The van der Waals surface area contributed by atoms with Crippen molar-refractivity contribution in [2.45, 2.75) is 322 Å². The Morgan fingerprint density at radius 1 is 0.323 bits per heavy atom. The maximum Gasteiger partial charge on any atom is 0.361 e. The molecule has 0 saturated carbocycles. The van der Waals surface area contributed by atoms with Crippen LogP contribution >= 0.6 is 0 Å². The van der Waals surface area contributed by atoms with Crippen LogP contribution in [0.15, 0.2) is 146 Å². The number of carboxylic acids is 1. The molecule has 9 nitrogen and oxygen atoms in total. The molecule has 0 amide bonds. The van der Waals surface area contributed by atoms with E-state index >= 15 is 0 Å². The second kappa shape index (κ2) is 73.0. The van der Waals surface area contributed by atoms with E-state index in [1.54, 1.807) is 0 Å². The van der Waals surface area contributed by atoms with Crippen molar-refractivity contribution in [2.24, 2.45) is 0 Å². The lowest BCUT2D eigenvalue weighted by Crippen LogP contribution is -2.40. The molecule has 93 heavy (non-hydrogen) atoms. The standard InChI is InChI=1S/C84H141NO8/c1-6-8-10-12-14-16-18-20-22-24-26-28-30-32-34-36-37-38-39-40-41-42-43-44-45-47-49-51-53-55-57-59-61-63-65-67-69-71-73-75-82(87)93-80(79-92-84(83(88)89)90-77-76-85(3,4)5)78-91-81(86)74-72-70-68-66-64-62-60-58-56-54-52-50-48-46-35-33-31-29-27-25-23-21-19-17-15-13-11-9-7-2/h8-11,14-17,20-23,26-29,32-35,37-38,40-41,80,84H,6-7,12-13,18-19,24-25,30-31,36,39,42-79H2,1-5H3/p+1/b10-8-,11-9-,16-14-,17-15-,22-20-,23-21-,28-26-,29-27-,34-32-,35-33-,38-37-,41-40-. The van der Waals surface area contributed by atoms with Gasteiger partial charge >= 0.3 is 17.9 Å². The van der Waals surface area contributed by atoms with Crippen LogP contribution in [0.3, 0.4) is 0 Å². The largest absolute Gasteiger partial charge is 0.477 e. The lowest BCUT2D eigenvalue weighted by Gasteiger charge is -2.25. The van der Waals surface area contributed by atoms with E-state index in [2.05, 4.69) is 160 Å². The predicted octanol–water partition coefficient (Wildman–Crippen LogP) is 24.3. The monoisotopic (exact) mass is 1290 g/mol. The van der Waals surface area contributed by atoms with Gasteiger partial charge in [-0.05, 0) is 116 Å². The van der Waals surface area contributed by atoms with Crippen LogP contribution in [0.2, 0.25) is 0 Å². The molecule has 0 aromatic heterocycles. The Balaban J connectivity index is 4.07. The number of allylic oxidation sites excluding steroid dienone is 24. The van der Waals surface area contributed by atoms with Crippen LogP contribution < -0.4 is 0 Å². The normalized spacial score (nSPS) is 13.5. The Kier molecular flexibility index (Phi) is 69.2. The molecule has 0 bridgehead atoms. The minimum absolute atomic E-state index is 0.183. The van der Waals surface area contributed by atoms with Crippen LogP contribution in [0, 0.1) is 0 Å². The molecular formula is C84H142NO8+. The maximum absolute atomic E-state index is 13.0. The SMILES string of the molecule is CC/C=C\C/C=C\C/C=C\C/C=C\C/C=C\C/C=C\C/C=C\CCCCCCCCCCCCCCCCCCCC(=O)OC(COC(=O)CCCCCCCCCCCCCCC/C=C\C/C=C\C/C=C\C/C=C\C/C=C\CC)COC(OCC[N+](C)(C)C)C(=O)O. The van der Waals surface area contributed by atoms with Crippen LogP contribution in [0.1, 0.15) is 309 Å². The zero-order valence-corrected chi connectivity index (χ0v) is 60.6. The number of hydrogen-bond acceptors (Lipinski definition) is 7. The number of esters is 2. The molecule has 9 heteroatoms. The van der Waals surface area contributed by atoms with Crippen LogP contribution in [0.25, 0.3) is 0 Å². The van der Waals surface area contributed by atoms with Crippen molar-refractivity contribution in [3.8, 4) is 0 Å². The number of nitrogens with zero attached hydrogens (tertiary/aromatic N) is 1. The molecule has 0 aliphatic heterocycles. The molecular weight excluding hydrogens is 1150 g/mol. The number of ether oxygens (including phenoxy) is 4. The zero-order valence-electron chi connectivity index (χ0n) is 60.6. The fraction of sp³-hybridized carbons (Fsp3) is 0.679. The second-order valence-corrected chi connectivity index (χ2v) is 26.2. The summed E-state index contributed by atoms with van der Waals surface area (Å²) in [4.78, 5) is 37.7. The first kappa shape index (κ1) is 88.2. The quantitative estimate of drug-likeness (QED) is 0.0211. The molecule has 0 heterocycles. The number of rotatable bonds is 69. The van der Waals surface area contributed by atoms with Crippen molar-refractivity contribution in [1.82, 2.24) is 0 Å². The van der Waals surface area contributed by atoms with E-state index in [4.69, 9.17) is 18.9 Å². The molecule has 0 aliphatic carbocycles. The van der Waals surface area contributed by atoms with Crippen molar-refractivity contribution < 1.29 is 42.9 Å². The summed E-state index contributed by atoms with van der Waals surface area (Å²) in [5.74, 6) is -2.00. The smallest absolute Gasteiger partial charge is 0.361 e. The van der Waals surface area contributed by atoms with Crippen LogP contribution in [-0.4, -0.2) is 87.4 Å². The summed E-state index contributed by atoms with van der Waals surface area (Å²) in [6.07, 6.45) is 104. The zero-order chi connectivity index (χ0) is 67.5. The van der Waals surface area contributed by atoms with Gasteiger partial charge in [-0.25, -0.2) is 4.79 Å². The van der Waals surface area contributed by atoms with Crippen molar-refractivity contribution in [1.29, 1.82) is 0 Å². The van der Waals surface area contributed by atoms with Gasteiger partial charge < -0.3 is 28.5 Å². The molecule has 0 aliphatic rings. The fourth-order valence-corrected chi connectivity index (χ4v) is 10.4. The minimum atomic E-state index is -1.52. The summed E-state index contributed by atoms with van der Waals surface area (Å²) >= 11 is 0. The number of hydrogen-bond donors (Lipinski definition) is 1. The average Bonchev–Trinajstić information content (AvgIpc) is 3.38. The van der Waals surface area contributed by atoms with Crippen LogP contribution in [-0.2, 0) is 33.3 Å². The van der Waals surface area contributed by atoms with Gasteiger partial charge in [0.1, 0.15) is 13.2 Å². The molecule has 0 spiro atoms. The Bertz CT molecular complexity index is 2040. The molecule has 0 aromatic rings. The number of unbranched alkanes of at least 4 members (excludes halogenated alkanes) is 30. The first-order chi connectivity index (χ1) is 45.6. The number of likely N-dealkylation sites (N-methyl/N-ethyl adjacent to an activating group) is 1.